The van der Waals surface area contributed by atoms with Gasteiger partial charge in [-0.2, -0.15) is 0 Å². The van der Waals surface area contributed by atoms with Crippen molar-refractivity contribution in [1.82, 2.24) is 0 Å². The first-order chi connectivity index (χ1) is 5.57. The third-order valence-corrected chi connectivity index (χ3v) is 3.09. The van der Waals surface area contributed by atoms with E-state index in [1.807, 2.05) is 19.1 Å². The molecule has 0 amide bonds. The van der Waals surface area contributed by atoms with E-state index in [4.69, 9.17) is 0 Å². The minimum absolute atomic E-state index is 0.115. The molecule has 0 spiro atoms. The van der Waals surface area contributed by atoms with Gasteiger partial charge in [0.2, 0.25) is 10.0 Å². The molecule has 12 heavy (non-hydrogen) atoms. The maximum Gasteiger partial charge on any atom is 0.237 e. The van der Waals surface area contributed by atoms with Gasteiger partial charge in [0, 0.05) is 0 Å². The minimum Gasteiger partial charge on any atom is -0.283 e. The Bertz CT molecular complexity index is 423. The van der Waals surface area contributed by atoms with Crippen LogP contribution in [0.3, 0.4) is 0 Å². The molecular weight excluding hydrogens is 174 g/mol. The number of benzene rings is 1. The van der Waals surface area contributed by atoms with Crippen LogP contribution >= 0.6 is 0 Å². The standard InChI is InChI=1S/C8H9NO2S/c1-6-2-3-8-7(4-6)5-12(10,11)9-8/h2-4,9H,5H2,1H3. The summed E-state index contributed by atoms with van der Waals surface area (Å²) >= 11 is 0. The summed E-state index contributed by atoms with van der Waals surface area (Å²) in [4.78, 5) is 0. The van der Waals surface area contributed by atoms with Gasteiger partial charge in [0.1, 0.15) is 0 Å². The fourth-order valence-corrected chi connectivity index (χ4v) is 2.60. The lowest BCUT2D eigenvalue weighted by Crippen LogP contribution is -2.05. The molecule has 2 rings (SSSR count). The van der Waals surface area contributed by atoms with Gasteiger partial charge in [-0.15, -0.1) is 0 Å². The van der Waals surface area contributed by atoms with Crippen molar-refractivity contribution in [1.29, 1.82) is 0 Å². The normalized spacial score (nSPS) is 18.4. The van der Waals surface area contributed by atoms with E-state index in [1.165, 1.54) is 0 Å². The topological polar surface area (TPSA) is 46.2 Å². The zero-order valence-electron chi connectivity index (χ0n) is 6.66. The van der Waals surface area contributed by atoms with Crippen LogP contribution < -0.4 is 4.72 Å². The van der Waals surface area contributed by atoms with E-state index in [0.717, 1.165) is 16.8 Å². The monoisotopic (exact) mass is 183 g/mol. The van der Waals surface area contributed by atoms with Crippen molar-refractivity contribution in [2.75, 3.05) is 4.72 Å². The number of hydrogen-bond donors (Lipinski definition) is 1. The number of aryl methyl sites for hydroxylation is 1. The van der Waals surface area contributed by atoms with E-state index in [0.29, 0.717) is 0 Å². The minimum atomic E-state index is -3.07. The molecule has 1 aliphatic heterocycles. The van der Waals surface area contributed by atoms with E-state index in [2.05, 4.69) is 4.72 Å². The Hall–Kier alpha value is -1.03. The third-order valence-electron chi connectivity index (χ3n) is 1.87. The molecule has 1 aromatic rings. The Morgan fingerprint density at radius 2 is 2.17 bits per heavy atom. The van der Waals surface area contributed by atoms with Gasteiger partial charge in [0.15, 0.2) is 0 Å². The lowest BCUT2D eigenvalue weighted by atomic mass is 10.1. The molecule has 0 fully saturated rings. The van der Waals surface area contributed by atoms with Crippen molar-refractivity contribution in [2.45, 2.75) is 12.7 Å². The van der Waals surface area contributed by atoms with E-state index < -0.39 is 10.0 Å². The molecule has 1 aromatic carbocycles. The largest absolute Gasteiger partial charge is 0.283 e. The Morgan fingerprint density at radius 1 is 1.42 bits per heavy atom. The maximum atomic E-state index is 11.1. The van der Waals surface area contributed by atoms with Crippen LogP contribution in [0.4, 0.5) is 5.69 Å². The average molecular weight is 183 g/mol. The first-order valence-corrected chi connectivity index (χ1v) is 5.32. The van der Waals surface area contributed by atoms with Crippen LogP contribution in [0.2, 0.25) is 0 Å². The highest BCUT2D eigenvalue weighted by molar-refractivity contribution is 7.92. The highest BCUT2D eigenvalue weighted by Crippen LogP contribution is 2.27. The van der Waals surface area contributed by atoms with Gasteiger partial charge in [0.25, 0.3) is 0 Å². The van der Waals surface area contributed by atoms with Crippen LogP contribution in [-0.4, -0.2) is 8.42 Å². The summed E-state index contributed by atoms with van der Waals surface area (Å²) in [5.74, 6) is 0.115. The number of nitrogens with one attached hydrogen (secondary N) is 1. The molecule has 4 heteroatoms. The van der Waals surface area contributed by atoms with Crippen molar-refractivity contribution in [3.05, 3.63) is 29.3 Å². The third kappa shape index (κ3) is 1.18. The van der Waals surface area contributed by atoms with Gasteiger partial charge in [-0.3, -0.25) is 4.72 Å². The van der Waals surface area contributed by atoms with Gasteiger partial charge < -0.3 is 0 Å². The molecular formula is C8H9NO2S. The van der Waals surface area contributed by atoms with E-state index in [9.17, 15) is 8.42 Å². The van der Waals surface area contributed by atoms with Gasteiger partial charge in [0.05, 0.1) is 11.4 Å². The molecule has 0 atom stereocenters. The van der Waals surface area contributed by atoms with Gasteiger partial charge >= 0.3 is 0 Å². The quantitative estimate of drug-likeness (QED) is 0.658. The molecule has 1 N–H and O–H groups in total. The Balaban J connectivity index is 2.56. The van der Waals surface area contributed by atoms with Gasteiger partial charge in [-0.25, -0.2) is 8.42 Å². The fourth-order valence-electron chi connectivity index (χ4n) is 1.35. The van der Waals surface area contributed by atoms with Crippen LogP contribution in [0.1, 0.15) is 11.1 Å². The molecule has 0 bridgehead atoms. The van der Waals surface area contributed by atoms with Gasteiger partial charge in [-0.1, -0.05) is 17.7 Å². The smallest absolute Gasteiger partial charge is 0.237 e. The maximum absolute atomic E-state index is 11.1. The lowest BCUT2D eigenvalue weighted by Gasteiger charge is -1.96. The predicted molar refractivity (Wildman–Crippen MR) is 47.4 cm³/mol. The molecule has 0 radical (unpaired) electrons. The number of hydrogen-bond acceptors (Lipinski definition) is 2. The van der Waals surface area contributed by atoms with Crippen LogP contribution in [0, 0.1) is 6.92 Å². The summed E-state index contributed by atoms with van der Waals surface area (Å²) in [7, 11) is -3.07. The lowest BCUT2D eigenvalue weighted by molar-refractivity contribution is 0.602. The second-order valence-electron chi connectivity index (χ2n) is 3.02. The second kappa shape index (κ2) is 2.23. The molecule has 64 valence electrons. The SMILES string of the molecule is Cc1ccc2c(c1)CS(=O)(=O)N2. The van der Waals surface area contributed by atoms with Crippen LogP contribution in [0.5, 0.6) is 0 Å². The Morgan fingerprint density at radius 3 is 2.92 bits per heavy atom. The molecule has 0 aromatic heterocycles. The van der Waals surface area contributed by atoms with Crippen LogP contribution in [0.25, 0.3) is 0 Å². The molecule has 0 unspecified atom stereocenters. The first-order valence-electron chi connectivity index (χ1n) is 3.67. The zero-order chi connectivity index (χ0) is 8.77. The molecule has 0 saturated carbocycles. The van der Waals surface area contributed by atoms with E-state index in [1.54, 1.807) is 6.07 Å². The van der Waals surface area contributed by atoms with Crippen LogP contribution in [-0.2, 0) is 15.8 Å². The number of sulfonamides is 1. The summed E-state index contributed by atoms with van der Waals surface area (Å²) in [6.45, 7) is 1.95. The zero-order valence-corrected chi connectivity index (χ0v) is 7.48. The molecule has 1 aliphatic rings. The molecule has 0 aliphatic carbocycles. The molecule has 0 saturated heterocycles. The van der Waals surface area contributed by atoms with Crippen molar-refractivity contribution < 1.29 is 8.42 Å². The first kappa shape index (κ1) is 7.61. The van der Waals surface area contributed by atoms with Gasteiger partial charge in [-0.05, 0) is 18.6 Å². The van der Waals surface area contributed by atoms with E-state index in [-0.39, 0.29) is 5.75 Å². The highest BCUT2D eigenvalue weighted by atomic mass is 32.2. The van der Waals surface area contributed by atoms with Crippen molar-refractivity contribution >= 4 is 15.7 Å². The van der Waals surface area contributed by atoms with Crippen molar-refractivity contribution in [3.63, 3.8) is 0 Å². The molecule has 3 nitrogen and oxygen atoms in total. The fraction of sp³-hybridized carbons (Fsp3) is 0.250. The Labute approximate surface area is 71.5 Å². The Kier molecular flexibility index (Phi) is 1.41. The second-order valence-corrected chi connectivity index (χ2v) is 4.74. The van der Waals surface area contributed by atoms with Crippen molar-refractivity contribution in [3.8, 4) is 0 Å². The summed E-state index contributed by atoms with van der Waals surface area (Å²) in [5, 5.41) is 0. The average Bonchev–Trinajstić information content (AvgIpc) is 2.21. The number of fused-ring (bicyclic) bond motifs is 1. The highest BCUT2D eigenvalue weighted by Gasteiger charge is 2.22. The number of rotatable bonds is 0. The number of anilines is 1. The summed E-state index contributed by atoms with van der Waals surface area (Å²) in [6.07, 6.45) is 0. The van der Waals surface area contributed by atoms with Crippen molar-refractivity contribution in [2.24, 2.45) is 0 Å². The molecule has 1 heterocycles. The summed E-state index contributed by atoms with van der Waals surface area (Å²) in [6, 6.07) is 5.59. The van der Waals surface area contributed by atoms with Crippen LogP contribution in [0.15, 0.2) is 18.2 Å². The van der Waals surface area contributed by atoms with E-state index >= 15 is 0 Å². The summed E-state index contributed by atoms with van der Waals surface area (Å²) < 4.78 is 24.6. The summed E-state index contributed by atoms with van der Waals surface area (Å²) in [5.41, 5.74) is 2.68. The predicted octanol–water partition coefficient (Wildman–Crippen LogP) is 1.25.